The van der Waals surface area contributed by atoms with Gasteiger partial charge in [-0.15, -0.1) is 0 Å². The zero-order chi connectivity index (χ0) is 10.9. The molecule has 0 saturated heterocycles. The van der Waals surface area contributed by atoms with E-state index in [0.717, 1.165) is 0 Å². The summed E-state index contributed by atoms with van der Waals surface area (Å²) in [7, 11) is 1.64. The molecule has 0 bridgehead atoms. The van der Waals surface area contributed by atoms with E-state index >= 15 is 0 Å². The summed E-state index contributed by atoms with van der Waals surface area (Å²) in [6.45, 7) is 2.14. The van der Waals surface area contributed by atoms with Crippen LogP contribution < -0.4 is 10.5 Å². The fraction of sp³-hybridized carbons (Fsp3) is 0.500. The van der Waals surface area contributed by atoms with Crippen molar-refractivity contribution in [1.29, 1.82) is 0 Å². The maximum absolute atomic E-state index is 5.56. The molecule has 0 aromatic carbocycles. The van der Waals surface area contributed by atoms with Gasteiger partial charge in [0.25, 0.3) is 0 Å². The van der Waals surface area contributed by atoms with Gasteiger partial charge in [0.1, 0.15) is 6.61 Å². The summed E-state index contributed by atoms with van der Waals surface area (Å²) in [6, 6.07) is 3.39. The van der Waals surface area contributed by atoms with Crippen LogP contribution in [0, 0.1) is 0 Å². The zero-order valence-electron chi connectivity index (χ0n) is 8.81. The second-order valence-corrected chi connectivity index (χ2v) is 2.88. The number of hydrogen-bond donors (Lipinski definition) is 1. The Labute approximate surface area is 89.2 Å². The van der Waals surface area contributed by atoms with Gasteiger partial charge < -0.3 is 19.9 Å². The average Bonchev–Trinajstić information content (AvgIpc) is 2.23. The van der Waals surface area contributed by atoms with Crippen LogP contribution in [0.5, 0.6) is 5.88 Å². The number of nitrogens with two attached hydrogens (primary N) is 1. The molecule has 1 aromatic rings. The summed E-state index contributed by atoms with van der Waals surface area (Å²) in [4.78, 5) is 3.99. The molecule has 5 heteroatoms. The average molecular weight is 212 g/mol. The Morgan fingerprint density at radius 2 is 2.07 bits per heavy atom. The summed E-state index contributed by atoms with van der Waals surface area (Å²) in [5.41, 5.74) is 6.20. The molecule has 84 valence electrons. The molecule has 0 saturated carbocycles. The number of rotatable bonds is 7. The van der Waals surface area contributed by atoms with Crippen LogP contribution >= 0.6 is 0 Å². The topological polar surface area (TPSA) is 66.6 Å². The molecular weight excluding hydrogens is 196 g/mol. The van der Waals surface area contributed by atoms with E-state index in [1.165, 1.54) is 0 Å². The third kappa shape index (κ3) is 5.19. The second-order valence-electron chi connectivity index (χ2n) is 2.88. The lowest BCUT2D eigenvalue weighted by atomic mass is 10.4. The highest BCUT2D eigenvalue weighted by molar-refractivity contribution is 5.39. The van der Waals surface area contributed by atoms with Crippen molar-refractivity contribution >= 4 is 5.69 Å². The summed E-state index contributed by atoms with van der Waals surface area (Å²) >= 11 is 0. The van der Waals surface area contributed by atoms with Crippen molar-refractivity contribution in [2.45, 2.75) is 0 Å². The summed E-state index contributed by atoms with van der Waals surface area (Å²) in [5, 5.41) is 0. The Morgan fingerprint density at radius 3 is 2.80 bits per heavy atom. The highest BCUT2D eigenvalue weighted by Gasteiger charge is 1.95. The molecule has 1 heterocycles. The predicted octanol–water partition coefficient (Wildman–Crippen LogP) is 0.706. The van der Waals surface area contributed by atoms with E-state index in [9.17, 15) is 0 Å². The number of hydrogen-bond acceptors (Lipinski definition) is 5. The van der Waals surface area contributed by atoms with Gasteiger partial charge in [0, 0.05) is 25.1 Å². The van der Waals surface area contributed by atoms with Gasteiger partial charge in [-0.25, -0.2) is 4.98 Å². The molecule has 0 radical (unpaired) electrons. The third-order valence-electron chi connectivity index (χ3n) is 1.67. The minimum atomic E-state index is 0.458. The number of aromatic nitrogens is 1. The lowest BCUT2D eigenvalue weighted by Gasteiger charge is -2.06. The molecule has 0 aliphatic rings. The van der Waals surface area contributed by atoms with Crippen molar-refractivity contribution in [2.75, 3.05) is 39.3 Å². The first-order valence-electron chi connectivity index (χ1n) is 4.74. The maximum Gasteiger partial charge on any atom is 0.215 e. The Morgan fingerprint density at radius 1 is 1.27 bits per heavy atom. The molecule has 0 unspecified atom stereocenters. The fourth-order valence-corrected chi connectivity index (χ4v) is 0.953. The number of pyridine rings is 1. The first-order valence-corrected chi connectivity index (χ1v) is 4.74. The molecule has 0 aliphatic heterocycles. The Kier molecular flexibility index (Phi) is 5.50. The largest absolute Gasteiger partial charge is 0.475 e. The van der Waals surface area contributed by atoms with Crippen molar-refractivity contribution < 1.29 is 14.2 Å². The molecule has 15 heavy (non-hydrogen) atoms. The SMILES string of the molecule is COCCOCCOc1cc(N)ccn1. The molecule has 0 atom stereocenters. The van der Waals surface area contributed by atoms with Gasteiger partial charge in [-0.3, -0.25) is 0 Å². The second kappa shape index (κ2) is 7.03. The number of nitrogens with zero attached hydrogens (tertiary/aromatic N) is 1. The molecule has 5 nitrogen and oxygen atoms in total. The molecule has 1 rings (SSSR count). The molecular formula is C10H16N2O3. The Balaban J connectivity index is 2.10. The van der Waals surface area contributed by atoms with Crippen LogP contribution in [0.15, 0.2) is 18.3 Å². The van der Waals surface area contributed by atoms with E-state index < -0.39 is 0 Å². The normalized spacial score (nSPS) is 10.2. The number of anilines is 1. The van der Waals surface area contributed by atoms with Crippen molar-refractivity contribution in [1.82, 2.24) is 4.98 Å². The number of ether oxygens (including phenoxy) is 3. The van der Waals surface area contributed by atoms with Crippen molar-refractivity contribution in [2.24, 2.45) is 0 Å². The minimum absolute atomic E-state index is 0.458. The van der Waals surface area contributed by atoms with E-state index in [0.29, 0.717) is 38.0 Å². The minimum Gasteiger partial charge on any atom is -0.475 e. The predicted molar refractivity (Wildman–Crippen MR) is 56.8 cm³/mol. The van der Waals surface area contributed by atoms with Gasteiger partial charge >= 0.3 is 0 Å². The number of methoxy groups -OCH3 is 1. The molecule has 1 aromatic heterocycles. The first kappa shape index (κ1) is 11.7. The fourth-order valence-electron chi connectivity index (χ4n) is 0.953. The highest BCUT2D eigenvalue weighted by Crippen LogP contribution is 2.09. The van der Waals surface area contributed by atoms with E-state index in [4.69, 9.17) is 19.9 Å². The summed E-state index contributed by atoms with van der Waals surface area (Å²) in [6.07, 6.45) is 1.61. The quantitative estimate of drug-likeness (QED) is 0.674. The smallest absolute Gasteiger partial charge is 0.215 e. The molecule has 0 spiro atoms. The standard InChI is InChI=1S/C10H16N2O3/c1-13-4-5-14-6-7-15-10-8-9(11)2-3-12-10/h2-3,8H,4-7H2,1H3,(H2,11,12). The van der Waals surface area contributed by atoms with Gasteiger partial charge in [0.15, 0.2) is 0 Å². The van der Waals surface area contributed by atoms with E-state index in [2.05, 4.69) is 4.98 Å². The van der Waals surface area contributed by atoms with Gasteiger partial charge in [0.2, 0.25) is 5.88 Å². The van der Waals surface area contributed by atoms with E-state index in [-0.39, 0.29) is 0 Å². The van der Waals surface area contributed by atoms with Crippen LogP contribution in [0.3, 0.4) is 0 Å². The van der Waals surface area contributed by atoms with Gasteiger partial charge in [-0.1, -0.05) is 0 Å². The lowest BCUT2D eigenvalue weighted by molar-refractivity contribution is 0.0537. The molecule has 2 N–H and O–H groups in total. The van der Waals surface area contributed by atoms with Crippen LogP contribution in [0.1, 0.15) is 0 Å². The van der Waals surface area contributed by atoms with Crippen LogP contribution in [-0.4, -0.2) is 38.5 Å². The van der Waals surface area contributed by atoms with Crippen molar-refractivity contribution in [3.63, 3.8) is 0 Å². The Hall–Kier alpha value is -1.33. The van der Waals surface area contributed by atoms with Crippen molar-refractivity contribution in [3.05, 3.63) is 18.3 Å². The van der Waals surface area contributed by atoms with Gasteiger partial charge in [-0.2, -0.15) is 0 Å². The monoisotopic (exact) mass is 212 g/mol. The lowest BCUT2D eigenvalue weighted by Crippen LogP contribution is -2.10. The molecule has 0 fully saturated rings. The molecule has 0 aliphatic carbocycles. The number of nitrogen functional groups attached to an aromatic ring is 1. The van der Waals surface area contributed by atoms with Crippen molar-refractivity contribution in [3.8, 4) is 5.88 Å². The van der Waals surface area contributed by atoms with Gasteiger partial charge in [0.05, 0.1) is 19.8 Å². The first-order chi connectivity index (χ1) is 7.33. The van der Waals surface area contributed by atoms with Crippen LogP contribution in [0.25, 0.3) is 0 Å². The van der Waals surface area contributed by atoms with E-state index in [1.807, 2.05) is 0 Å². The third-order valence-corrected chi connectivity index (χ3v) is 1.67. The van der Waals surface area contributed by atoms with E-state index in [1.54, 1.807) is 25.4 Å². The Bertz CT molecular complexity index is 281. The highest BCUT2D eigenvalue weighted by atomic mass is 16.5. The zero-order valence-corrected chi connectivity index (χ0v) is 8.81. The van der Waals surface area contributed by atoms with Crippen LogP contribution in [0.2, 0.25) is 0 Å². The molecule has 0 amide bonds. The van der Waals surface area contributed by atoms with Crippen LogP contribution in [-0.2, 0) is 9.47 Å². The summed E-state index contributed by atoms with van der Waals surface area (Å²) < 4.78 is 15.4. The van der Waals surface area contributed by atoms with Gasteiger partial charge in [-0.05, 0) is 6.07 Å². The summed E-state index contributed by atoms with van der Waals surface area (Å²) in [5.74, 6) is 0.519. The maximum atomic E-state index is 5.56. The van der Waals surface area contributed by atoms with Crippen LogP contribution in [0.4, 0.5) is 5.69 Å².